The highest BCUT2D eigenvalue weighted by atomic mass is 16.1. The number of rotatable bonds is 3. The van der Waals surface area contributed by atoms with Gasteiger partial charge in [0.1, 0.15) is 0 Å². The molecule has 2 aromatic rings. The van der Waals surface area contributed by atoms with Crippen LogP contribution in [0.25, 0.3) is 16.8 Å². The minimum atomic E-state index is 0.152. The zero-order valence-electron chi connectivity index (χ0n) is 14.1. The lowest BCUT2D eigenvalue weighted by Crippen LogP contribution is -2.27. The summed E-state index contributed by atoms with van der Waals surface area (Å²) in [5.74, 6) is 0.503. The average Bonchev–Trinajstić information content (AvgIpc) is 2.70. The van der Waals surface area contributed by atoms with Crippen LogP contribution >= 0.6 is 0 Å². The molecule has 120 valence electrons. The van der Waals surface area contributed by atoms with Crippen molar-refractivity contribution in [1.29, 1.82) is 0 Å². The lowest BCUT2D eigenvalue weighted by Gasteiger charge is -2.18. The largest absolute Gasteiger partial charge is 0.309 e. The van der Waals surface area contributed by atoms with Crippen molar-refractivity contribution < 1.29 is 4.79 Å². The van der Waals surface area contributed by atoms with Crippen LogP contribution < -0.4 is 0 Å². The predicted molar refractivity (Wildman–Crippen MR) is 97.4 cm³/mol. The van der Waals surface area contributed by atoms with Gasteiger partial charge in [-0.2, -0.15) is 0 Å². The van der Waals surface area contributed by atoms with Gasteiger partial charge < -0.3 is 4.90 Å². The highest BCUT2D eigenvalue weighted by Crippen LogP contribution is 2.27. The van der Waals surface area contributed by atoms with Crippen LogP contribution in [0.4, 0.5) is 0 Å². The minimum absolute atomic E-state index is 0.152. The molecule has 2 nitrogen and oxygen atoms in total. The Labute approximate surface area is 138 Å². The van der Waals surface area contributed by atoms with Gasteiger partial charge in [-0.05, 0) is 67.4 Å². The number of hydrogen-bond acceptors (Lipinski definition) is 2. The number of hydrogen-bond donors (Lipinski definition) is 0. The number of carbonyl (C=O) groups is 1. The summed E-state index contributed by atoms with van der Waals surface area (Å²) in [5.41, 5.74) is 2.14. The summed E-state index contributed by atoms with van der Waals surface area (Å²) in [4.78, 5) is 15.0. The normalized spacial score (nSPS) is 21.1. The summed E-state index contributed by atoms with van der Waals surface area (Å²) in [6.45, 7) is 0.855. The lowest BCUT2D eigenvalue weighted by atomic mass is 9.94. The van der Waals surface area contributed by atoms with Gasteiger partial charge in [0.05, 0.1) is 0 Å². The topological polar surface area (TPSA) is 20.3 Å². The molecule has 0 spiro atoms. The van der Waals surface area contributed by atoms with Crippen LogP contribution in [-0.4, -0.2) is 31.3 Å². The number of nitrogens with zero attached hydrogens (tertiary/aromatic N) is 1. The molecule has 1 saturated carbocycles. The first-order valence-electron chi connectivity index (χ1n) is 8.52. The Kier molecular flexibility index (Phi) is 4.92. The van der Waals surface area contributed by atoms with Gasteiger partial charge in [-0.25, -0.2) is 0 Å². The van der Waals surface area contributed by atoms with Crippen LogP contribution in [0.5, 0.6) is 0 Å². The molecular weight excluding hydrogens is 282 g/mol. The monoisotopic (exact) mass is 307 g/mol. The van der Waals surface area contributed by atoms with Crippen LogP contribution in [0.15, 0.2) is 48.0 Å². The summed E-state index contributed by atoms with van der Waals surface area (Å²) in [6.07, 6.45) is 6.32. The molecule has 0 aromatic heterocycles. The van der Waals surface area contributed by atoms with Crippen molar-refractivity contribution in [2.24, 2.45) is 5.92 Å². The van der Waals surface area contributed by atoms with E-state index >= 15 is 0 Å². The zero-order chi connectivity index (χ0) is 16.2. The van der Waals surface area contributed by atoms with Crippen molar-refractivity contribution in [3.63, 3.8) is 0 Å². The lowest BCUT2D eigenvalue weighted by molar-refractivity contribution is -0.119. The van der Waals surface area contributed by atoms with E-state index in [1.807, 2.05) is 14.1 Å². The molecule has 0 heterocycles. The number of benzene rings is 2. The highest BCUT2D eigenvalue weighted by Gasteiger charge is 2.25. The molecule has 0 amide bonds. The summed E-state index contributed by atoms with van der Waals surface area (Å²) < 4.78 is 0. The molecule has 0 bridgehead atoms. The third-order valence-electron chi connectivity index (χ3n) is 4.64. The van der Waals surface area contributed by atoms with Crippen molar-refractivity contribution in [3.8, 4) is 0 Å². The average molecular weight is 307 g/mol. The van der Waals surface area contributed by atoms with Crippen LogP contribution in [0.3, 0.4) is 0 Å². The molecule has 0 N–H and O–H groups in total. The van der Waals surface area contributed by atoms with Gasteiger partial charge in [0, 0.05) is 12.5 Å². The van der Waals surface area contributed by atoms with Gasteiger partial charge in [-0.15, -0.1) is 0 Å². The van der Waals surface area contributed by atoms with Crippen LogP contribution in [-0.2, 0) is 4.79 Å². The first-order chi connectivity index (χ1) is 11.1. The number of ketones is 1. The molecule has 1 aliphatic carbocycles. The van der Waals surface area contributed by atoms with Gasteiger partial charge in [-0.3, -0.25) is 4.79 Å². The van der Waals surface area contributed by atoms with E-state index in [1.54, 1.807) is 0 Å². The van der Waals surface area contributed by atoms with Crippen LogP contribution in [0.2, 0.25) is 0 Å². The Balaban J connectivity index is 1.90. The fraction of sp³-hybridized carbons (Fsp3) is 0.381. The zero-order valence-corrected chi connectivity index (χ0v) is 14.1. The Morgan fingerprint density at radius 1 is 1.09 bits per heavy atom. The highest BCUT2D eigenvalue weighted by molar-refractivity contribution is 6.01. The Hall–Kier alpha value is -1.93. The third kappa shape index (κ3) is 3.89. The molecule has 3 rings (SSSR count). The van der Waals surface area contributed by atoms with E-state index in [-0.39, 0.29) is 5.92 Å². The van der Waals surface area contributed by atoms with E-state index in [9.17, 15) is 4.79 Å². The SMILES string of the molecule is CN(C)CC1CCCC/C(=C\c2ccc3ccccc3c2)C1=O. The molecule has 1 unspecified atom stereocenters. The molecule has 1 fully saturated rings. The molecule has 0 saturated heterocycles. The fourth-order valence-corrected chi connectivity index (χ4v) is 3.48. The van der Waals surface area contributed by atoms with Crippen LogP contribution in [0.1, 0.15) is 31.2 Å². The molecule has 0 radical (unpaired) electrons. The van der Waals surface area contributed by atoms with E-state index in [0.717, 1.165) is 43.4 Å². The standard InChI is InChI=1S/C21H25NO/c1-22(2)15-20-10-6-5-9-19(21(20)23)14-16-11-12-17-7-3-4-8-18(17)13-16/h3-4,7-8,11-14,20H,5-6,9-10,15H2,1-2H3/b19-14+. The Bertz CT molecular complexity index is 729. The van der Waals surface area contributed by atoms with Gasteiger partial charge >= 0.3 is 0 Å². The first-order valence-corrected chi connectivity index (χ1v) is 8.52. The Morgan fingerprint density at radius 2 is 1.87 bits per heavy atom. The maximum Gasteiger partial charge on any atom is 0.163 e. The summed E-state index contributed by atoms with van der Waals surface area (Å²) in [7, 11) is 4.09. The van der Waals surface area contributed by atoms with Crippen molar-refractivity contribution in [2.45, 2.75) is 25.7 Å². The molecular formula is C21H25NO. The maximum atomic E-state index is 12.9. The second-order valence-corrected chi connectivity index (χ2v) is 6.85. The first kappa shape index (κ1) is 15.9. The number of Topliss-reactive ketones (excluding diaryl/α,β-unsaturated/α-hetero) is 1. The predicted octanol–water partition coefficient (Wildman–Crippen LogP) is 4.54. The maximum absolute atomic E-state index is 12.9. The van der Waals surface area contributed by atoms with E-state index in [4.69, 9.17) is 0 Å². The molecule has 2 aromatic carbocycles. The van der Waals surface area contributed by atoms with E-state index in [1.165, 1.54) is 10.8 Å². The van der Waals surface area contributed by atoms with Crippen molar-refractivity contribution >= 4 is 22.6 Å². The molecule has 1 aliphatic rings. The molecule has 0 aliphatic heterocycles. The number of allylic oxidation sites excluding steroid dienone is 1. The van der Waals surface area contributed by atoms with Gasteiger partial charge in [0.2, 0.25) is 0 Å². The molecule has 23 heavy (non-hydrogen) atoms. The second-order valence-electron chi connectivity index (χ2n) is 6.85. The number of carbonyl (C=O) groups excluding carboxylic acids is 1. The second kappa shape index (κ2) is 7.10. The number of fused-ring (bicyclic) bond motifs is 1. The van der Waals surface area contributed by atoms with Crippen molar-refractivity contribution in [3.05, 3.63) is 53.6 Å². The minimum Gasteiger partial charge on any atom is -0.309 e. The smallest absolute Gasteiger partial charge is 0.163 e. The van der Waals surface area contributed by atoms with Crippen molar-refractivity contribution in [2.75, 3.05) is 20.6 Å². The molecule has 1 atom stereocenters. The fourth-order valence-electron chi connectivity index (χ4n) is 3.48. The summed E-state index contributed by atoms with van der Waals surface area (Å²) >= 11 is 0. The molecule has 2 heteroatoms. The van der Waals surface area contributed by atoms with Crippen molar-refractivity contribution in [1.82, 2.24) is 4.90 Å². The van der Waals surface area contributed by atoms with Crippen LogP contribution in [0, 0.1) is 5.92 Å². The van der Waals surface area contributed by atoms with Gasteiger partial charge in [0.25, 0.3) is 0 Å². The van der Waals surface area contributed by atoms with Gasteiger partial charge in [-0.1, -0.05) is 42.8 Å². The van der Waals surface area contributed by atoms with E-state index in [2.05, 4.69) is 53.4 Å². The van der Waals surface area contributed by atoms with Gasteiger partial charge in [0.15, 0.2) is 5.78 Å². The summed E-state index contributed by atoms with van der Waals surface area (Å²) in [5, 5.41) is 2.47. The van der Waals surface area contributed by atoms with E-state index < -0.39 is 0 Å². The third-order valence-corrected chi connectivity index (χ3v) is 4.64. The Morgan fingerprint density at radius 3 is 2.65 bits per heavy atom. The quantitative estimate of drug-likeness (QED) is 0.613. The van der Waals surface area contributed by atoms with E-state index in [0.29, 0.717) is 5.78 Å². The summed E-state index contributed by atoms with van der Waals surface area (Å²) in [6, 6.07) is 14.8.